The lowest BCUT2D eigenvalue weighted by Gasteiger charge is -2.05. The number of rotatable bonds is 6. The largest absolute Gasteiger partial charge is 0.296 e. The molecule has 112 valence electrons. The zero-order chi connectivity index (χ0) is 15.4. The Morgan fingerprint density at radius 3 is 2.95 bits per heavy atom. The zero-order valence-electron chi connectivity index (χ0n) is 11.9. The van der Waals surface area contributed by atoms with E-state index in [1.54, 1.807) is 24.7 Å². The first kappa shape index (κ1) is 14.8. The molecule has 0 saturated heterocycles. The summed E-state index contributed by atoms with van der Waals surface area (Å²) in [4.78, 5) is 12.8. The highest BCUT2D eigenvalue weighted by molar-refractivity contribution is 8.00. The first-order valence-electron chi connectivity index (χ1n) is 6.62. The van der Waals surface area contributed by atoms with Crippen molar-refractivity contribution in [1.82, 2.24) is 34.1 Å². The fourth-order valence-electron chi connectivity index (χ4n) is 1.76. The number of hydrogen-bond acceptors (Lipinski definition) is 8. The van der Waals surface area contributed by atoms with Gasteiger partial charge in [-0.1, -0.05) is 13.0 Å². The summed E-state index contributed by atoms with van der Waals surface area (Å²) in [6, 6.07) is 0. The van der Waals surface area contributed by atoms with Gasteiger partial charge >= 0.3 is 0 Å². The minimum Gasteiger partial charge on any atom is -0.296 e. The molecule has 0 saturated carbocycles. The quantitative estimate of drug-likeness (QED) is 0.642. The van der Waals surface area contributed by atoms with Crippen LogP contribution in [0.5, 0.6) is 0 Å². The lowest BCUT2D eigenvalue weighted by molar-refractivity contribution is 0.729. The molecule has 0 aliphatic heterocycles. The summed E-state index contributed by atoms with van der Waals surface area (Å²) >= 11 is 2.81. The van der Waals surface area contributed by atoms with E-state index in [9.17, 15) is 0 Å². The molecule has 0 aromatic carbocycles. The van der Waals surface area contributed by atoms with Crippen LogP contribution in [0.25, 0.3) is 11.5 Å². The third-order valence-electron chi connectivity index (χ3n) is 2.77. The van der Waals surface area contributed by atoms with Gasteiger partial charge in [-0.2, -0.15) is 4.37 Å². The molecule has 0 atom stereocenters. The Labute approximate surface area is 135 Å². The van der Waals surface area contributed by atoms with Gasteiger partial charge < -0.3 is 0 Å². The van der Waals surface area contributed by atoms with Gasteiger partial charge in [0.25, 0.3) is 0 Å². The van der Waals surface area contributed by atoms with Crippen LogP contribution in [0.15, 0.2) is 40.7 Å². The molecular formula is C13H13N7S2. The van der Waals surface area contributed by atoms with Gasteiger partial charge in [-0.05, 0) is 23.3 Å². The van der Waals surface area contributed by atoms with E-state index >= 15 is 0 Å². The molecule has 0 amide bonds. The van der Waals surface area contributed by atoms with Crippen LogP contribution in [-0.2, 0) is 13.0 Å². The summed E-state index contributed by atoms with van der Waals surface area (Å²) in [6.45, 7) is 6.40. The molecule has 0 aliphatic rings. The van der Waals surface area contributed by atoms with Crippen LogP contribution in [0, 0.1) is 0 Å². The van der Waals surface area contributed by atoms with Gasteiger partial charge in [0, 0.05) is 25.4 Å². The summed E-state index contributed by atoms with van der Waals surface area (Å²) in [5, 5.41) is 9.20. The molecule has 22 heavy (non-hydrogen) atoms. The molecule has 3 heterocycles. The van der Waals surface area contributed by atoms with Crippen molar-refractivity contribution in [3.8, 4) is 11.5 Å². The number of aromatic nitrogens is 7. The average Bonchev–Trinajstić information content (AvgIpc) is 3.17. The maximum Gasteiger partial charge on any atom is 0.198 e. The molecule has 0 N–H and O–H groups in total. The van der Waals surface area contributed by atoms with E-state index in [1.165, 1.54) is 23.3 Å². The van der Waals surface area contributed by atoms with Gasteiger partial charge in [0.05, 0.1) is 6.20 Å². The second-order valence-corrected chi connectivity index (χ2v) is 6.19. The monoisotopic (exact) mass is 331 g/mol. The molecule has 0 spiro atoms. The van der Waals surface area contributed by atoms with E-state index in [0.717, 1.165) is 21.7 Å². The van der Waals surface area contributed by atoms with Crippen molar-refractivity contribution in [1.29, 1.82) is 0 Å². The summed E-state index contributed by atoms with van der Waals surface area (Å²) in [5.41, 5.74) is 0.676. The van der Waals surface area contributed by atoms with Gasteiger partial charge in [0.1, 0.15) is 11.5 Å². The zero-order valence-corrected chi connectivity index (χ0v) is 13.5. The Bertz CT molecular complexity index is 766. The molecule has 0 fully saturated rings. The van der Waals surface area contributed by atoms with Gasteiger partial charge in [0.2, 0.25) is 0 Å². The third kappa shape index (κ3) is 3.04. The first-order valence-corrected chi connectivity index (χ1v) is 8.21. The Balaban J connectivity index is 1.94. The summed E-state index contributed by atoms with van der Waals surface area (Å²) in [7, 11) is 0. The lowest BCUT2D eigenvalue weighted by atomic mass is 10.4. The summed E-state index contributed by atoms with van der Waals surface area (Å²) in [5.74, 6) is 1.51. The van der Waals surface area contributed by atoms with E-state index < -0.39 is 0 Å². The van der Waals surface area contributed by atoms with E-state index in [1.807, 2.05) is 11.5 Å². The highest BCUT2D eigenvalue weighted by Gasteiger charge is 2.16. The smallest absolute Gasteiger partial charge is 0.198 e. The fraction of sp³-hybridized carbons (Fsp3) is 0.231. The maximum atomic E-state index is 4.44. The molecule has 0 unspecified atom stereocenters. The number of allylic oxidation sites excluding steroid dienone is 1. The SMILES string of the molecule is C=CCn1c(Sc2nc(CC)ns2)nnc1-c1cnccn1. The molecular weight excluding hydrogens is 318 g/mol. The normalized spacial score (nSPS) is 10.8. The van der Waals surface area contributed by atoms with Crippen LogP contribution in [0.3, 0.4) is 0 Å². The summed E-state index contributed by atoms with van der Waals surface area (Å²) < 4.78 is 7.07. The fourth-order valence-corrected chi connectivity index (χ4v) is 3.41. The average molecular weight is 331 g/mol. The molecule has 7 nitrogen and oxygen atoms in total. The van der Waals surface area contributed by atoms with Crippen LogP contribution in [-0.4, -0.2) is 34.1 Å². The molecule has 9 heteroatoms. The van der Waals surface area contributed by atoms with E-state index in [2.05, 4.69) is 36.1 Å². The van der Waals surface area contributed by atoms with E-state index in [-0.39, 0.29) is 0 Å². The maximum absolute atomic E-state index is 4.44. The second-order valence-electron chi connectivity index (χ2n) is 4.23. The highest BCUT2D eigenvalue weighted by atomic mass is 32.2. The third-order valence-corrected chi connectivity index (χ3v) is 4.54. The van der Waals surface area contributed by atoms with Crippen LogP contribution < -0.4 is 0 Å². The Hall–Kier alpha value is -2.13. The Kier molecular flexibility index (Phi) is 4.54. The lowest BCUT2D eigenvalue weighted by Crippen LogP contribution is -2.01. The topological polar surface area (TPSA) is 82.3 Å². The standard InChI is InChI=1S/C13H13N7S2/c1-3-7-20-11(9-8-14-5-6-15-9)17-18-12(20)21-13-16-10(4-2)19-22-13/h3,5-6,8H,1,4,7H2,2H3. The molecule has 3 rings (SSSR count). The number of nitrogens with zero attached hydrogens (tertiary/aromatic N) is 7. The van der Waals surface area contributed by atoms with Gasteiger partial charge in [-0.25, -0.2) is 9.97 Å². The number of aryl methyl sites for hydroxylation is 1. The minimum atomic E-state index is 0.584. The van der Waals surface area contributed by atoms with Crippen molar-refractivity contribution < 1.29 is 0 Å². The van der Waals surface area contributed by atoms with Crippen LogP contribution in [0.1, 0.15) is 12.7 Å². The van der Waals surface area contributed by atoms with Crippen molar-refractivity contribution in [2.24, 2.45) is 0 Å². The highest BCUT2D eigenvalue weighted by Crippen LogP contribution is 2.30. The minimum absolute atomic E-state index is 0.584. The van der Waals surface area contributed by atoms with Crippen molar-refractivity contribution in [3.63, 3.8) is 0 Å². The molecule has 0 radical (unpaired) electrons. The van der Waals surface area contributed by atoms with Gasteiger partial charge in [-0.15, -0.1) is 16.8 Å². The predicted molar refractivity (Wildman–Crippen MR) is 84.7 cm³/mol. The molecule has 0 bridgehead atoms. The van der Waals surface area contributed by atoms with E-state index in [4.69, 9.17) is 0 Å². The van der Waals surface area contributed by atoms with Crippen molar-refractivity contribution in [3.05, 3.63) is 37.1 Å². The van der Waals surface area contributed by atoms with Crippen LogP contribution in [0.4, 0.5) is 0 Å². The Morgan fingerprint density at radius 1 is 1.36 bits per heavy atom. The predicted octanol–water partition coefficient (Wildman–Crippen LogP) is 2.49. The second kappa shape index (κ2) is 6.75. The summed E-state index contributed by atoms with van der Waals surface area (Å²) in [6.07, 6.45) is 7.54. The molecule has 3 aromatic rings. The van der Waals surface area contributed by atoms with Crippen LogP contribution in [0.2, 0.25) is 0 Å². The van der Waals surface area contributed by atoms with Crippen molar-refractivity contribution in [2.45, 2.75) is 29.4 Å². The van der Waals surface area contributed by atoms with Crippen LogP contribution >= 0.6 is 23.3 Å². The van der Waals surface area contributed by atoms with Gasteiger partial charge in [0.15, 0.2) is 15.3 Å². The Morgan fingerprint density at radius 2 is 2.27 bits per heavy atom. The molecule has 0 aliphatic carbocycles. The van der Waals surface area contributed by atoms with Crippen molar-refractivity contribution in [2.75, 3.05) is 0 Å². The first-order chi connectivity index (χ1) is 10.8. The van der Waals surface area contributed by atoms with Crippen molar-refractivity contribution >= 4 is 23.3 Å². The van der Waals surface area contributed by atoms with Gasteiger partial charge in [-0.3, -0.25) is 9.55 Å². The number of hydrogen-bond donors (Lipinski definition) is 0. The molecule has 3 aromatic heterocycles. The van der Waals surface area contributed by atoms with E-state index in [0.29, 0.717) is 18.1 Å².